The van der Waals surface area contributed by atoms with Crippen molar-refractivity contribution in [3.63, 3.8) is 0 Å². The molecule has 0 heterocycles. The van der Waals surface area contributed by atoms with Gasteiger partial charge in [-0.05, 0) is 48.5 Å². The van der Waals surface area contributed by atoms with Crippen LogP contribution < -0.4 is 10.2 Å². The highest BCUT2D eigenvalue weighted by Gasteiger charge is 2.29. The van der Waals surface area contributed by atoms with E-state index in [0.717, 1.165) is 16.6 Å². The summed E-state index contributed by atoms with van der Waals surface area (Å²) in [5, 5.41) is 4.05. The van der Waals surface area contributed by atoms with Gasteiger partial charge in [0.2, 0.25) is 0 Å². The minimum atomic E-state index is -4.39. The second-order valence-electron chi connectivity index (χ2n) is 6.01. The Balaban J connectivity index is 1.70. The van der Waals surface area contributed by atoms with Crippen LogP contribution in [0.3, 0.4) is 0 Å². The van der Waals surface area contributed by atoms with Crippen LogP contribution in [0.1, 0.15) is 16.7 Å². The van der Waals surface area contributed by atoms with E-state index < -0.39 is 11.7 Å². The van der Waals surface area contributed by atoms with Gasteiger partial charge in [0.05, 0.1) is 17.5 Å². The second-order valence-corrected chi connectivity index (χ2v) is 6.92. The maximum absolute atomic E-state index is 13.8. The van der Waals surface area contributed by atoms with E-state index in [-0.39, 0.29) is 12.4 Å². The first-order valence-electron chi connectivity index (χ1n) is 8.45. The molecule has 3 nitrogen and oxygen atoms in total. The van der Waals surface area contributed by atoms with Crippen LogP contribution in [0, 0.1) is 5.82 Å². The number of ether oxygens (including phenoxy) is 1. The molecule has 3 aromatic carbocycles. The Morgan fingerprint density at radius 3 is 2.41 bits per heavy atom. The van der Waals surface area contributed by atoms with Crippen molar-refractivity contribution in [3.05, 3.63) is 93.7 Å². The number of hydrazone groups is 1. The minimum Gasteiger partial charge on any atom is -0.488 e. The molecule has 0 aliphatic heterocycles. The average Bonchev–Trinajstić information content (AvgIpc) is 2.68. The van der Waals surface area contributed by atoms with Gasteiger partial charge >= 0.3 is 6.18 Å². The van der Waals surface area contributed by atoms with E-state index in [1.54, 1.807) is 36.4 Å². The summed E-state index contributed by atoms with van der Waals surface area (Å²) in [6, 6.07) is 16.1. The van der Waals surface area contributed by atoms with Crippen LogP contribution in [0.4, 0.5) is 23.2 Å². The topological polar surface area (TPSA) is 33.6 Å². The van der Waals surface area contributed by atoms with Crippen LogP contribution in [0.2, 0.25) is 0 Å². The molecule has 0 amide bonds. The third-order valence-electron chi connectivity index (χ3n) is 3.92. The molecule has 0 radical (unpaired) electrons. The molecule has 0 saturated carbocycles. The zero-order valence-corrected chi connectivity index (χ0v) is 16.5. The maximum atomic E-state index is 13.8. The monoisotopic (exact) mass is 466 g/mol. The fourth-order valence-corrected chi connectivity index (χ4v) is 2.81. The average molecular weight is 467 g/mol. The van der Waals surface area contributed by atoms with Crippen molar-refractivity contribution in [2.24, 2.45) is 5.10 Å². The smallest absolute Gasteiger partial charge is 0.416 e. The number of hydrogen-bond acceptors (Lipinski definition) is 3. The summed E-state index contributed by atoms with van der Waals surface area (Å²) in [6.07, 6.45) is -2.91. The molecule has 0 unspecified atom stereocenters. The van der Waals surface area contributed by atoms with Crippen LogP contribution in [-0.2, 0) is 12.8 Å². The second kappa shape index (κ2) is 9.09. The molecule has 8 heteroatoms. The molecule has 0 saturated heterocycles. The lowest BCUT2D eigenvalue weighted by atomic mass is 10.2. The van der Waals surface area contributed by atoms with Crippen molar-refractivity contribution < 1.29 is 22.3 Å². The van der Waals surface area contributed by atoms with E-state index >= 15 is 0 Å². The van der Waals surface area contributed by atoms with Crippen LogP contribution in [0.5, 0.6) is 5.75 Å². The summed E-state index contributed by atoms with van der Waals surface area (Å²) in [6.45, 7) is 0.0431. The lowest BCUT2D eigenvalue weighted by Gasteiger charge is -2.10. The van der Waals surface area contributed by atoms with Crippen molar-refractivity contribution in [3.8, 4) is 5.75 Å². The molecule has 0 aliphatic rings. The third kappa shape index (κ3) is 5.80. The molecule has 3 aromatic rings. The lowest BCUT2D eigenvalue weighted by molar-refractivity contribution is -0.137. The minimum absolute atomic E-state index is 0.0431. The SMILES string of the molecule is Fc1ccccc1COc1ccc(Br)cc1/C=N/Nc1ccc(C(F)(F)F)cc1. The van der Waals surface area contributed by atoms with E-state index in [9.17, 15) is 17.6 Å². The van der Waals surface area contributed by atoms with Gasteiger partial charge in [-0.15, -0.1) is 0 Å². The van der Waals surface area contributed by atoms with Gasteiger partial charge in [-0.2, -0.15) is 18.3 Å². The van der Waals surface area contributed by atoms with Gasteiger partial charge < -0.3 is 4.74 Å². The van der Waals surface area contributed by atoms with Gasteiger partial charge in [-0.1, -0.05) is 34.1 Å². The molecule has 0 spiro atoms. The van der Waals surface area contributed by atoms with Gasteiger partial charge in [-0.3, -0.25) is 5.43 Å². The van der Waals surface area contributed by atoms with E-state index in [4.69, 9.17) is 4.74 Å². The number of halogens is 5. The first-order valence-corrected chi connectivity index (χ1v) is 9.24. The van der Waals surface area contributed by atoms with Gasteiger partial charge in [0.15, 0.2) is 0 Å². The van der Waals surface area contributed by atoms with Crippen LogP contribution >= 0.6 is 15.9 Å². The van der Waals surface area contributed by atoms with Crippen molar-refractivity contribution in [1.29, 1.82) is 0 Å². The van der Waals surface area contributed by atoms with Gasteiger partial charge in [0.1, 0.15) is 18.2 Å². The van der Waals surface area contributed by atoms with Crippen LogP contribution in [-0.4, -0.2) is 6.21 Å². The zero-order chi connectivity index (χ0) is 20.9. The largest absolute Gasteiger partial charge is 0.488 e. The fraction of sp³-hybridized carbons (Fsp3) is 0.0952. The number of nitrogens with one attached hydrogen (secondary N) is 1. The van der Waals surface area contributed by atoms with E-state index in [1.165, 1.54) is 24.4 Å². The molecular formula is C21H15BrF4N2O. The quantitative estimate of drug-likeness (QED) is 0.251. The van der Waals surface area contributed by atoms with Gasteiger partial charge in [-0.25, -0.2) is 4.39 Å². The highest BCUT2D eigenvalue weighted by Crippen LogP contribution is 2.30. The molecule has 150 valence electrons. The normalized spacial score (nSPS) is 11.6. The first-order chi connectivity index (χ1) is 13.8. The van der Waals surface area contributed by atoms with Crippen molar-refractivity contribution in [2.45, 2.75) is 12.8 Å². The summed E-state index contributed by atoms with van der Waals surface area (Å²) >= 11 is 3.36. The number of nitrogens with zero attached hydrogens (tertiary/aromatic N) is 1. The predicted octanol–water partition coefficient (Wildman–Crippen LogP) is 6.63. The summed E-state index contributed by atoms with van der Waals surface area (Å²) in [5.41, 5.74) is 3.36. The van der Waals surface area contributed by atoms with E-state index in [2.05, 4.69) is 26.5 Å². The molecule has 3 rings (SSSR count). The first kappa shape index (κ1) is 20.9. The zero-order valence-electron chi connectivity index (χ0n) is 14.9. The van der Waals surface area contributed by atoms with Gasteiger partial charge in [0, 0.05) is 15.6 Å². The van der Waals surface area contributed by atoms with Crippen molar-refractivity contribution in [2.75, 3.05) is 5.43 Å². The molecular weight excluding hydrogens is 452 g/mol. The van der Waals surface area contributed by atoms with Crippen LogP contribution in [0.15, 0.2) is 76.3 Å². The molecule has 1 N–H and O–H groups in total. The Kier molecular flexibility index (Phi) is 6.53. The predicted molar refractivity (Wildman–Crippen MR) is 108 cm³/mol. The number of rotatable bonds is 6. The lowest BCUT2D eigenvalue weighted by Crippen LogP contribution is -2.04. The summed E-state index contributed by atoms with van der Waals surface area (Å²) in [7, 11) is 0. The number of anilines is 1. The highest BCUT2D eigenvalue weighted by molar-refractivity contribution is 9.10. The Morgan fingerprint density at radius 1 is 1.00 bits per heavy atom. The molecule has 0 aromatic heterocycles. The van der Waals surface area contributed by atoms with E-state index in [1.807, 2.05) is 0 Å². The number of hydrogen-bond donors (Lipinski definition) is 1. The van der Waals surface area contributed by atoms with Crippen LogP contribution in [0.25, 0.3) is 0 Å². The number of benzene rings is 3. The summed E-state index contributed by atoms with van der Waals surface area (Å²) < 4.78 is 58.1. The standard InChI is InChI=1S/C21H15BrF4N2O/c22-17-7-10-20(29-13-14-3-1-2-4-19(14)23)15(11-17)12-27-28-18-8-5-16(6-9-18)21(24,25)26/h1-12,28H,13H2/b27-12+. The maximum Gasteiger partial charge on any atom is 0.416 e. The molecule has 0 fully saturated rings. The molecule has 29 heavy (non-hydrogen) atoms. The van der Waals surface area contributed by atoms with E-state index in [0.29, 0.717) is 22.6 Å². The highest BCUT2D eigenvalue weighted by atomic mass is 79.9. The summed E-state index contributed by atoms with van der Waals surface area (Å²) in [5.74, 6) is 0.123. The molecule has 0 aliphatic carbocycles. The third-order valence-corrected chi connectivity index (χ3v) is 4.42. The fourth-order valence-electron chi connectivity index (χ4n) is 2.43. The Labute approximate surface area is 173 Å². The van der Waals surface area contributed by atoms with Crippen molar-refractivity contribution in [1.82, 2.24) is 0 Å². The Hall–Kier alpha value is -2.87. The molecule has 0 bridgehead atoms. The van der Waals surface area contributed by atoms with Gasteiger partial charge in [0.25, 0.3) is 0 Å². The Morgan fingerprint density at radius 2 is 1.72 bits per heavy atom. The number of alkyl halides is 3. The Bertz CT molecular complexity index is 1000. The molecule has 0 atom stereocenters. The summed E-state index contributed by atoms with van der Waals surface area (Å²) in [4.78, 5) is 0. The van der Waals surface area contributed by atoms with Crippen molar-refractivity contribution >= 4 is 27.8 Å².